The average molecular weight is 328 g/mol. The molecule has 128 valence electrons. The molecule has 0 fully saturated rings. The van der Waals surface area contributed by atoms with Crippen LogP contribution in [0.5, 0.6) is 11.5 Å². The van der Waals surface area contributed by atoms with E-state index >= 15 is 0 Å². The fourth-order valence-electron chi connectivity index (χ4n) is 2.17. The maximum Gasteiger partial charge on any atom is 0.224 e. The van der Waals surface area contributed by atoms with E-state index in [-0.39, 0.29) is 12.0 Å². The second kappa shape index (κ2) is 8.82. The highest BCUT2D eigenvalue weighted by Crippen LogP contribution is 2.25. The lowest BCUT2D eigenvalue weighted by Gasteiger charge is -2.14. The number of ether oxygens (including phenoxy) is 2. The van der Waals surface area contributed by atoms with Gasteiger partial charge in [-0.05, 0) is 44.5 Å². The van der Waals surface area contributed by atoms with Crippen molar-refractivity contribution in [1.82, 2.24) is 0 Å². The van der Waals surface area contributed by atoms with Gasteiger partial charge < -0.3 is 20.5 Å². The molecule has 0 aliphatic carbocycles. The lowest BCUT2D eigenvalue weighted by Crippen LogP contribution is -2.15. The number of hydrogen-bond donors (Lipinski definition) is 2. The Labute approximate surface area is 142 Å². The Balaban J connectivity index is 1.79. The molecule has 2 aromatic carbocycles. The van der Waals surface area contributed by atoms with Gasteiger partial charge in [0, 0.05) is 6.42 Å². The van der Waals surface area contributed by atoms with E-state index in [2.05, 4.69) is 5.32 Å². The molecule has 5 nitrogen and oxygen atoms in total. The first-order valence-electron chi connectivity index (χ1n) is 8.09. The number of benzene rings is 2. The summed E-state index contributed by atoms with van der Waals surface area (Å²) in [5.74, 6) is 1.25. The van der Waals surface area contributed by atoms with Gasteiger partial charge in [0.2, 0.25) is 5.91 Å². The molecule has 24 heavy (non-hydrogen) atoms. The smallest absolute Gasteiger partial charge is 0.224 e. The van der Waals surface area contributed by atoms with Gasteiger partial charge in [-0.3, -0.25) is 4.79 Å². The van der Waals surface area contributed by atoms with E-state index in [1.165, 1.54) is 0 Å². The normalized spacial score (nSPS) is 10.5. The predicted molar refractivity (Wildman–Crippen MR) is 96.4 cm³/mol. The molecule has 3 N–H and O–H groups in total. The standard InChI is InChI=1S/C19H24N2O3/c1-14(2)24-18-11-6-4-9-16(18)21-19(22)12-7-13-23-17-10-5-3-8-15(17)20/h3-6,8-11,14H,7,12-13,20H2,1-2H3,(H,21,22). The quantitative estimate of drug-likeness (QED) is 0.570. The van der Waals surface area contributed by atoms with Crippen molar-refractivity contribution in [2.45, 2.75) is 32.8 Å². The number of nitrogens with two attached hydrogens (primary N) is 1. The highest BCUT2D eigenvalue weighted by Gasteiger charge is 2.09. The largest absolute Gasteiger partial charge is 0.491 e. The molecule has 0 spiro atoms. The number of rotatable bonds is 8. The molecule has 0 atom stereocenters. The van der Waals surface area contributed by atoms with Crippen LogP contribution in [0.15, 0.2) is 48.5 Å². The summed E-state index contributed by atoms with van der Waals surface area (Å²) >= 11 is 0. The van der Waals surface area contributed by atoms with Crippen LogP contribution in [0.2, 0.25) is 0 Å². The zero-order valence-electron chi connectivity index (χ0n) is 14.1. The molecule has 5 heteroatoms. The average Bonchev–Trinajstić information content (AvgIpc) is 2.54. The molecule has 0 aliphatic rings. The van der Waals surface area contributed by atoms with E-state index in [0.29, 0.717) is 42.3 Å². The number of carbonyl (C=O) groups is 1. The molecule has 0 bridgehead atoms. The minimum atomic E-state index is -0.0700. The molecule has 2 rings (SSSR count). The molecular formula is C19H24N2O3. The van der Waals surface area contributed by atoms with Gasteiger partial charge in [0.1, 0.15) is 11.5 Å². The first kappa shape index (κ1) is 17.7. The Morgan fingerprint density at radius 3 is 2.46 bits per heavy atom. The number of nitrogen functional groups attached to an aromatic ring is 1. The second-order valence-corrected chi connectivity index (χ2v) is 5.70. The lowest BCUT2D eigenvalue weighted by molar-refractivity contribution is -0.116. The van der Waals surface area contributed by atoms with E-state index in [4.69, 9.17) is 15.2 Å². The van der Waals surface area contributed by atoms with Crippen molar-refractivity contribution in [3.63, 3.8) is 0 Å². The van der Waals surface area contributed by atoms with Crippen molar-refractivity contribution in [3.05, 3.63) is 48.5 Å². The lowest BCUT2D eigenvalue weighted by atomic mass is 10.2. The fraction of sp³-hybridized carbons (Fsp3) is 0.316. The zero-order chi connectivity index (χ0) is 17.4. The Kier molecular flexibility index (Phi) is 6.49. The van der Waals surface area contributed by atoms with Gasteiger partial charge in [-0.25, -0.2) is 0 Å². The van der Waals surface area contributed by atoms with E-state index < -0.39 is 0 Å². The SMILES string of the molecule is CC(C)Oc1ccccc1NC(=O)CCCOc1ccccc1N. The van der Waals surface area contributed by atoms with E-state index in [0.717, 1.165) is 0 Å². The molecule has 0 heterocycles. The summed E-state index contributed by atoms with van der Waals surface area (Å²) in [5, 5.41) is 2.88. The van der Waals surface area contributed by atoms with Crippen LogP contribution in [0.1, 0.15) is 26.7 Å². The Bertz CT molecular complexity index is 671. The number of carbonyl (C=O) groups excluding carboxylic acids is 1. The first-order valence-corrected chi connectivity index (χ1v) is 8.09. The zero-order valence-corrected chi connectivity index (χ0v) is 14.1. The van der Waals surface area contributed by atoms with E-state index in [1.54, 1.807) is 6.07 Å². The number of anilines is 2. The van der Waals surface area contributed by atoms with Crippen LogP contribution in [0.4, 0.5) is 11.4 Å². The summed E-state index contributed by atoms with van der Waals surface area (Å²) < 4.78 is 11.3. The van der Waals surface area contributed by atoms with Crippen molar-refractivity contribution in [3.8, 4) is 11.5 Å². The van der Waals surface area contributed by atoms with Crippen molar-refractivity contribution in [2.24, 2.45) is 0 Å². The van der Waals surface area contributed by atoms with Crippen molar-refractivity contribution < 1.29 is 14.3 Å². The second-order valence-electron chi connectivity index (χ2n) is 5.70. The Hall–Kier alpha value is -2.69. The number of amides is 1. The van der Waals surface area contributed by atoms with Gasteiger partial charge in [-0.1, -0.05) is 24.3 Å². The highest BCUT2D eigenvalue weighted by atomic mass is 16.5. The number of nitrogens with one attached hydrogen (secondary N) is 1. The first-order chi connectivity index (χ1) is 11.6. The van der Waals surface area contributed by atoms with Crippen LogP contribution in [-0.2, 0) is 4.79 Å². The van der Waals surface area contributed by atoms with Crippen LogP contribution in [0.25, 0.3) is 0 Å². The van der Waals surface area contributed by atoms with Crippen LogP contribution < -0.4 is 20.5 Å². The van der Waals surface area contributed by atoms with Gasteiger partial charge in [0.15, 0.2) is 0 Å². The summed E-state index contributed by atoms with van der Waals surface area (Å²) in [4.78, 5) is 12.1. The third-order valence-corrected chi connectivity index (χ3v) is 3.25. The van der Waals surface area contributed by atoms with Crippen molar-refractivity contribution in [1.29, 1.82) is 0 Å². The van der Waals surface area contributed by atoms with Gasteiger partial charge in [-0.2, -0.15) is 0 Å². The topological polar surface area (TPSA) is 73.6 Å². The Morgan fingerprint density at radius 2 is 1.75 bits per heavy atom. The maximum atomic E-state index is 12.1. The molecule has 0 unspecified atom stereocenters. The Morgan fingerprint density at radius 1 is 1.08 bits per heavy atom. The van der Waals surface area contributed by atoms with E-state index in [9.17, 15) is 4.79 Å². The summed E-state index contributed by atoms with van der Waals surface area (Å²) in [6.07, 6.45) is 1.02. The highest BCUT2D eigenvalue weighted by molar-refractivity contribution is 5.92. The summed E-state index contributed by atoms with van der Waals surface area (Å²) in [6.45, 7) is 4.34. The summed E-state index contributed by atoms with van der Waals surface area (Å²) in [7, 11) is 0. The fourth-order valence-corrected chi connectivity index (χ4v) is 2.17. The minimum absolute atomic E-state index is 0.0489. The van der Waals surface area contributed by atoms with Gasteiger partial charge >= 0.3 is 0 Å². The third kappa shape index (κ3) is 5.50. The minimum Gasteiger partial charge on any atom is -0.491 e. The van der Waals surface area contributed by atoms with Crippen LogP contribution in [-0.4, -0.2) is 18.6 Å². The van der Waals surface area contributed by atoms with Gasteiger partial charge in [0.25, 0.3) is 0 Å². The van der Waals surface area contributed by atoms with Gasteiger partial charge in [0.05, 0.1) is 24.1 Å². The number of hydrogen-bond acceptors (Lipinski definition) is 4. The predicted octanol–water partition coefficient (Wildman–Crippen LogP) is 3.85. The van der Waals surface area contributed by atoms with Gasteiger partial charge in [-0.15, -0.1) is 0 Å². The number of para-hydroxylation sites is 4. The van der Waals surface area contributed by atoms with Crippen LogP contribution in [0, 0.1) is 0 Å². The maximum absolute atomic E-state index is 12.1. The molecule has 0 radical (unpaired) electrons. The summed E-state index contributed by atoms with van der Waals surface area (Å²) in [5.41, 5.74) is 7.09. The molecule has 0 aliphatic heterocycles. The van der Waals surface area contributed by atoms with Crippen LogP contribution >= 0.6 is 0 Å². The van der Waals surface area contributed by atoms with Crippen molar-refractivity contribution >= 4 is 17.3 Å². The molecule has 1 amide bonds. The van der Waals surface area contributed by atoms with Crippen molar-refractivity contribution in [2.75, 3.05) is 17.7 Å². The summed E-state index contributed by atoms with van der Waals surface area (Å²) in [6, 6.07) is 14.7. The molecule has 0 saturated heterocycles. The molecule has 0 aromatic heterocycles. The van der Waals surface area contributed by atoms with Crippen LogP contribution in [0.3, 0.4) is 0 Å². The van der Waals surface area contributed by atoms with E-state index in [1.807, 2.05) is 56.3 Å². The monoisotopic (exact) mass is 328 g/mol. The molecule has 0 saturated carbocycles. The molecular weight excluding hydrogens is 304 g/mol. The molecule has 2 aromatic rings. The third-order valence-electron chi connectivity index (χ3n) is 3.25.